The number of nitrogens with one attached hydrogen (secondary N) is 2. The van der Waals surface area contributed by atoms with Crippen LogP contribution in [0.2, 0.25) is 0 Å². The second-order valence-corrected chi connectivity index (χ2v) is 7.14. The highest BCUT2D eigenvalue weighted by Crippen LogP contribution is 2.33. The molecule has 2 N–H and O–H groups in total. The zero-order valence-corrected chi connectivity index (χ0v) is 14.3. The molecule has 1 fully saturated rings. The van der Waals surface area contributed by atoms with Crippen molar-refractivity contribution < 1.29 is 9.59 Å². The number of benzene rings is 1. The molecule has 0 radical (unpaired) electrons. The first kappa shape index (κ1) is 15.7. The maximum absolute atomic E-state index is 12.5. The highest BCUT2D eigenvalue weighted by atomic mass is 32.1. The van der Waals surface area contributed by atoms with E-state index in [-0.39, 0.29) is 17.7 Å². The average molecular weight is 328 g/mol. The van der Waals surface area contributed by atoms with Crippen molar-refractivity contribution in [3.8, 4) is 0 Å². The Morgan fingerprint density at radius 2 is 1.83 bits per heavy atom. The number of rotatable bonds is 4. The number of aryl methyl sites for hydroxylation is 2. The second-order valence-electron chi connectivity index (χ2n) is 6.09. The van der Waals surface area contributed by atoms with Gasteiger partial charge in [0.05, 0.1) is 9.88 Å². The molecule has 0 spiro atoms. The van der Waals surface area contributed by atoms with Crippen LogP contribution in [0, 0.1) is 26.7 Å². The van der Waals surface area contributed by atoms with E-state index in [2.05, 4.69) is 10.6 Å². The Labute approximate surface area is 139 Å². The minimum Gasteiger partial charge on any atom is -0.321 e. The molecule has 2 amide bonds. The van der Waals surface area contributed by atoms with Crippen molar-refractivity contribution >= 4 is 33.8 Å². The molecular formula is C18H20N2O2S. The van der Waals surface area contributed by atoms with Crippen molar-refractivity contribution in [1.29, 1.82) is 0 Å². The summed E-state index contributed by atoms with van der Waals surface area (Å²) in [6.45, 7) is 5.90. The van der Waals surface area contributed by atoms with Crippen molar-refractivity contribution in [3.05, 3.63) is 45.8 Å². The van der Waals surface area contributed by atoms with Crippen LogP contribution < -0.4 is 10.6 Å². The Morgan fingerprint density at radius 3 is 2.52 bits per heavy atom. The molecule has 0 unspecified atom stereocenters. The van der Waals surface area contributed by atoms with Gasteiger partial charge in [-0.1, -0.05) is 12.1 Å². The number of amides is 2. The van der Waals surface area contributed by atoms with E-state index in [1.165, 1.54) is 11.3 Å². The summed E-state index contributed by atoms with van der Waals surface area (Å²) >= 11 is 1.33. The topological polar surface area (TPSA) is 58.2 Å². The fourth-order valence-electron chi connectivity index (χ4n) is 2.40. The van der Waals surface area contributed by atoms with Gasteiger partial charge in [-0.15, -0.1) is 11.3 Å². The lowest BCUT2D eigenvalue weighted by Crippen LogP contribution is -2.13. The van der Waals surface area contributed by atoms with E-state index in [0.29, 0.717) is 4.88 Å². The van der Waals surface area contributed by atoms with E-state index >= 15 is 0 Å². The molecule has 23 heavy (non-hydrogen) atoms. The number of carbonyl (C=O) groups is 2. The van der Waals surface area contributed by atoms with Crippen LogP contribution in [0.4, 0.5) is 10.7 Å². The highest BCUT2D eigenvalue weighted by molar-refractivity contribution is 7.18. The van der Waals surface area contributed by atoms with Gasteiger partial charge in [0.1, 0.15) is 0 Å². The van der Waals surface area contributed by atoms with Crippen molar-refractivity contribution in [3.63, 3.8) is 0 Å². The minimum atomic E-state index is -0.131. The predicted molar refractivity (Wildman–Crippen MR) is 94.3 cm³/mol. The summed E-state index contributed by atoms with van der Waals surface area (Å²) in [4.78, 5) is 25.0. The van der Waals surface area contributed by atoms with Crippen LogP contribution in [0.5, 0.6) is 0 Å². The zero-order chi connectivity index (χ0) is 16.6. The number of hydrogen-bond acceptors (Lipinski definition) is 3. The van der Waals surface area contributed by atoms with Crippen LogP contribution in [0.15, 0.2) is 24.3 Å². The molecule has 0 bridgehead atoms. The van der Waals surface area contributed by atoms with E-state index in [0.717, 1.165) is 40.2 Å². The van der Waals surface area contributed by atoms with Crippen LogP contribution in [-0.2, 0) is 4.79 Å². The first-order valence-corrected chi connectivity index (χ1v) is 8.56. The summed E-state index contributed by atoms with van der Waals surface area (Å²) in [7, 11) is 0. The lowest BCUT2D eigenvalue weighted by molar-refractivity contribution is -0.117. The Kier molecular flexibility index (Phi) is 4.22. The molecule has 1 heterocycles. The van der Waals surface area contributed by atoms with Crippen molar-refractivity contribution in [1.82, 2.24) is 0 Å². The SMILES string of the molecule is Cc1cc(NC(=O)C2CC2)sc1C(=O)Nc1cccc(C)c1C. The van der Waals surface area contributed by atoms with Crippen molar-refractivity contribution in [2.75, 3.05) is 10.6 Å². The molecule has 0 aliphatic heterocycles. The molecular weight excluding hydrogens is 308 g/mol. The fraction of sp³-hybridized carbons (Fsp3) is 0.333. The molecule has 3 rings (SSSR count). The van der Waals surface area contributed by atoms with Crippen LogP contribution in [0.3, 0.4) is 0 Å². The molecule has 120 valence electrons. The van der Waals surface area contributed by atoms with Crippen molar-refractivity contribution in [2.45, 2.75) is 33.6 Å². The molecule has 1 aliphatic rings. The maximum atomic E-state index is 12.5. The standard InChI is InChI=1S/C18H20N2O2S/c1-10-5-4-6-14(12(10)3)19-18(22)16-11(2)9-15(23-16)20-17(21)13-7-8-13/h4-6,9,13H,7-8H2,1-3H3,(H,19,22)(H,20,21). The van der Waals surface area contributed by atoms with Crippen LogP contribution >= 0.6 is 11.3 Å². The quantitative estimate of drug-likeness (QED) is 0.880. The summed E-state index contributed by atoms with van der Waals surface area (Å²) in [5.41, 5.74) is 3.91. The maximum Gasteiger partial charge on any atom is 0.266 e. The van der Waals surface area contributed by atoms with Gasteiger partial charge in [-0.25, -0.2) is 0 Å². The monoisotopic (exact) mass is 328 g/mol. The number of hydrogen-bond donors (Lipinski definition) is 2. The second kappa shape index (κ2) is 6.16. The summed E-state index contributed by atoms with van der Waals surface area (Å²) in [5, 5.41) is 6.61. The van der Waals surface area contributed by atoms with E-state index in [9.17, 15) is 9.59 Å². The van der Waals surface area contributed by atoms with E-state index in [1.54, 1.807) is 0 Å². The summed E-state index contributed by atoms with van der Waals surface area (Å²) in [6.07, 6.45) is 1.94. The molecule has 0 saturated heterocycles. The third-order valence-electron chi connectivity index (χ3n) is 4.17. The Balaban J connectivity index is 1.75. The fourth-order valence-corrected chi connectivity index (χ4v) is 3.37. The Bertz CT molecular complexity index is 775. The first-order valence-electron chi connectivity index (χ1n) is 7.74. The van der Waals surface area contributed by atoms with E-state index < -0.39 is 0 Å². The Morgan fingerprint density at radius 1 is 1.09 bits per heavy atom. The lowest BCUT2D eigenvalue weighted by atomic mass is 10.1. The normalized spacial score (nSPS) is 13.7. The largest absolute Gasteiger partial charge is 0.321 e. The van der Waals surface area contributed by atoms with Crippen LogP contribution in [0.1, 0.15) is 39.2 Å². The van der Waals surface area contributed by atoms with Crippen LogP contribution in [0.25, 0.3) is 0 Å². The molecule has 0 atom stereocenters. The van der Waals surface area contributed by atoms with Crippen molar-refractivity contribution in [2.24, 2.45) is 5.92 Å². The summed E-state index contributed by atoms with van der Waals surface area (Å²) in [5.74, 6) is 0.0884. The van der Waals surface area contributed by atoms with Gasteiger partial charge in [0.2, 0.25) is 5.91 Å². The van der Waals surface area contributed by atoms with E-state index in [1.807, 2.05) is 45.0 Å². The first-order chi connectivity index (χ1) is 11.0. The van der Waals surface area contributed by atoms with Gasteiger partial charge < -0.3 is 10.6 Å². The summed E-state index contributed by atoms with van der Waals surface area (Å²) in [6, 6.07) is 7.72. The smallest absolute Gasteiger partial charge is 0.266 e. The minimum absolute atomic E-state index is 0.0627. The molecule has 1 aromatic heterocycles. The zero-order valence-electron chi connectivity index (χ0n) is 13.5. The third kappa shape index (κ3) is 3.45. The molecule has 1 saturated carbocycles. The van der Waals surface area contributed by atoms with Gasteiger partial charge >= 0.3 is 0 Å². The molecule has 1 aromatic carbocycles. The lowest BCUT2D eigenvalue weighted by Gasteiger charge is -2.09. The van der Waals surface area contributed by atoms with E-state index in [4.69, 9.17) is 0 Å². The van der Waals surface area contributed by atoms with Gasteiger partial charge in [-0.3, -0.25) is 9.59 Å². The number of anilines is 2. The predicted octanol–water partition coefficient (Wildman–Crippen LogP) is 4.27. The van der Waals surface area contributed by atoms with Gasteiger partial charge in [0, 0.05) is 11.6 Å². The number of thiophene rings is 1. The number of carbonyl (C=O) groups excluding carboxylic acids is 2. The van der Waals surface area contributed by atoms with Gasteiger partial charge in [-0.05, 0) is 62.4 Å². The van der Waals surface area contributed by atoms with Crippen LogP contribution in [-0.4, -0.2) is 11.8 Å². The summed E-state index contributed by atoms with van der Waals surface area (Å²) < 4.78 is 0. The molecule has 1 aliphatic carbocycles. The highest BCUT2D eigenvalue weighted by Gasteiger charge is 2.30. The molecule has 5 heteroatoms. The van der Waals surface area contributed by atoms with Gasteiger partial charge in [0.25, 0.3) is 5.91 Å². The van der Waals surface area contributed by atoms with Gasteiger partial charge in [0.15, 0.2) is 0 Å². The third-order valence-corrected chi connectivity index (χ3v) is 5.32. The Hall–Kier alpha value is -2.14. The molecule has 4 nitrogen and oxygen atoms in total. The average Bonchev–Trinajstić information content (AvgIpc) is 3.28. The van der Waals surface area contributed by atoms with Gasteiger partial charge in [-0.2, -0.15) is 0 Å². The molecule has 2 aromatic rings.